The maximum absolute atomic E-state index is 14.4. The second kappa shape index (κ2) is 7.86. The highest BCUT2D eigenvalue weighted by atomic mass is 16.1. The van der Waals surface area contributed by atoms with Crippen LogP contribution in [0.1, 0.15) is 22.3 Å². The van der Waals surface area contributed by atoms with Crippen molar-refractivity contribution in [3.05, 3.63) is 150 Å². The second-order valence-electron chi connectivity index (χ2n) is 9.91. The number of benzene rings is 4. The predicted molar refractivity (Wildman–Crippen MR) is 143 cm³/mol. The highest BCUT2D eigenvalue weighted by Gasteiger charge is 2.72. The highest BCUT2D eigenvalue weighted by molar-refractivity contribution is 6.26. The van der Waals surface area contributed by atoms with Gasteiger partial charge < -0.3 is 0 Å². The molecule has 0 saturated heterocycles. The molecule has 7 rings (SSSR count). The zero-order valence-corrected chi connectivity index (χ0v) is 19.7. The van der Waals surface area contributed by atoms with Crippen LogP contribution in [0.5, 0.6) is 0 Å². The first-order valence-corrected chi connectivity index (χ1v) is 12.5. The summed E-state index contributed by atoms with van der Waals surface area (Å²) in [6, 6.07) is 40.8. The van der Waals surface area contributed by atoms with Crippen molar-refractivity contribution in [3.8, 4) is 0 Å². The third-order valence-corrected chi connectivity index (χ3v) is 8.30. The second-order valence-corrected chi connectivity index (χ2v) is 9.91. The molecule has 0 N–H and O–H groups in total. The van der Waals surface area contributed by atoms with E-state index in [2.05, 4.69) is 48.5 Å². The molecule has 3 aliphatic rings. The molecule has 2 nitrogen and oxygen atoms in total. The zero-order chi connectivity index (χ0) is 24.3. The number of hydrogen-bond donors (Lipinski definition) is 0. The van der Waals surface area contributed by atoms with Crippen molar-refractivity contribution in [2.24, 2.45) is 17.8 Å². The van der Waals surface area contributed by atoms with E-state index < -0.39 is 23.2 Å². The van der Waals surface area contributed by atoms with Crippen molar-refractivity contribution in [1.82, 2.24) is 0 Å². The summed E-state index contributed by atoms with van der Waals surface area (Å²) in [5, 5.41) is 0. The average Bonchev–Trinajstić information content (AvgIpc) is 3.52. The maximum atomic E-state index is 14.4. The molecule has 4 aromatic carbocycles. The van der Waals surface area contributed by atoms with Crippen LogP contribution in [-0.4, -0.2) is 11.6 Å². The Bertz CT molecular complexity index is 1550. The molecule has 0 heterocycles. The van der Waals surface area contributed by atoms with Crippen molar-refractivity contribution >= 4 is 28.3 Å². The van der Waals surface area contributed by atoms with E-state index in [1.807, 2.05) is 78.9 Å². The first-order chi connectivity index (χ1) is 17.7. The number of fused-ring (bicyclic) bond motifs is 5. The van der Waals surface area contributed by atoms with E-state index in [-0.39, 0.29) is 11.6 Å². The minimum Gasteiger partial charge on any atom is -0.298 e. The molecular formula is C34H24O2. The number of rotatable bonds is 4. The van der Waals surface area contributed by atoms with E-state index >= 15 is 0 Å². The van der Waals surface area contributed by atoms with Gasteiger partial charge in [0.15, 0.2) is 5.78 Å². The van der Waals surface area contributed by atoms with Gasteiger partial charge in [0.25, 0.3) is 0 Å². The number of carbonyl (C=O) groups excluding carboxylic acids is 2. The van der Waals surface area contributed by atoms with Crippen LogP contribution in [0.2, 0.25) is 0 Å². The third-order valence-electron chi connectivity index (χ3n) is 8.30. The molecule has 0 aromatic heterocycles. The minimum atomic E-state index is -0.731. The van der Waals surface area contributed by atoms with Gasteiger partial charge in [-0.05, 0) is 45.0 Å². The van der Waals surface area contributed by atoms with Gasteiger partial charge in [-0.2, -0.15) is 0 Å². The summed E-state index contributed by atoms with van der Waals surface area (Å²) >= 11 is 0. The largest absolute Gasteiger partial charge is 0.298 e. The molecule has 1 saturated carbocycles. The zero-order valence-electron chi connectivity index (χ0n) is 19.7. The fourth-order valence-corrected chi connectivity index (χ4v) is 7.12. The van der Waals surface area contributed by atoms with Gasteiger partial charge in [-0.25, -0.2) is 0 Å². The molecule has 0 radical (unpaired) electrons. The topological polar surface area (TPSA) is 34.1 Å². The lowest BCUT2D eigenvalue weighted by atomic mass is 9.57. The molecule has 172 valence electrons. The normalized spacial score (nSPS) is 26.3. The van der Waals surface area contributed by atoms with Gasteiger partial charge in [0.2, 0.25) is 0 Å². The lowest BCUT2D eigenvalue weighted by Crippen LogP contribution is -2.42. The Balaban J connectivity index is 1.59. The number of Topliss-reactive ketones (excluding diaryl/α,β-unsaturated/α-hetero) is 1. The molecule has 36 heavy (non-hydrogen) atoms. The highest BCUT2D eigenvalue weighted by Crippen LogP contribution is 2.71. The summed E-state index contributed by atoms with van der Waals surface area (Å²) in [5.74, 6) is -1.14. The lowest BCUT2D eigenvalue weighted by Gasteiger charge is -2.43. The van der Waals surface area contributed by atoms with E-state index in [1.165, 1.54) is 0 Å². The molecular weight excluding hydrogens is 440 g/mol. The van der Waals surface area contributed by atoms with Crippen molar-refractivity contribution in [1.29, 1.82) is 0 Å². The Hall–Kier alpha value is -4.30. The Morgan fingerprint density at radius 1 is 0.528 bits per heavy atom. The lowest BCUT2D eigenvalue weighted by molar-refractivity contribution is -0.124. The van der Waals surface area contributed by atoms with E-state index in [9.17, 15) is 9.59 Å². The minimum absolute atomic E-state index is 0.0547. The third kappa shape index (κ3) is 2.67. The van der Waals surface area contributed by atoms with Crippen LogP contribution in [0.15, 0.2) is 127 Å². The summed E-state index contributed by atoms with van der Waals surface area (Å²) in [6.45, 7) is 0. The van der Waals surface area contributed by atoms with Crippen LogP contribution in [0.25, 0.3) is 16.7 Å². The number of allylic oxidation sites excluding steroid dienone is 4. The van der Waals surface area contributed by atoms with E-state index in [4.69, 9.17) is 0 Å². The predicted octanol–water partition coefficient (Wildman–Crippen LogP) is 6.65. The van der Waals surface area contributed by atoms with Crippen LogP contribution in [0, 0.1) is 17.8 Å². The van der Waals surface area contributed by atoms with Crippen molar-refractivity contribution < 1.29 is 9.59 Å². The number of hydrogen-bond acceptors (Lipinski definition) is 2. The fourth-order valence-electron chi connectivity index (χ4n) is 7.12. The molecule has 2 heteroatoms. The first-order valence-electron chi connectivity index (χ1n) is 12.5. The summed E-state index contributed by atoms with van der Waals surface area (Å²) in [4.78, 5) is 28.4. The number of ketones is 2. The molecule has 4 unspecified atom stereocenters. The molecule has 4 aromatic rings. The Morgan fingerprint density at radius 3 is 1.56 bits per heavy atom. The smallest absolute Gasteiger partial charge is 0.161 e. The summed E-state index contributed by atoms with van der Waals surface area (Å²) in [5.41, 5.74) is 6.44. The van der Waals surface area contributed by atoms with Gasteiger partial charge in [0.05, 0.1) is 17.8 Å². The van der Waals surface area contributed by atoms with E-state index in [0.717, 1.165) is 39.0 Å². The van der Waals surface area contributed by atoms with Crippen molar-refractivity contribution in [2.45, 2.75) is 5.41 Å². The van der Waals surface area contributed by atoms with Crippen molar-refractivity contribution in [3.63, 3.8) is 0 Å². The molecule has 3 aliphatic carbocycles. The Kier molecular flexibility index (Phi) is 4.59. The summed E-state index contributed by atoms with van der Waals surface area (Å²) in [6.07, 6.45) is 1.83. The van der Waals surface area contributed by atoms with Gasteiger partial charge in [-0.1, -0.05) is 121 Å². The monoisotopic (exact) mass is 464 g/mol. The molecule has 2 bridgehead atoms. The average molecular weight is 465 g/mol. The molecule has 0 amide bonds. The van der Waals surface area contributed by atoms with E-state index in [1.54, 1.807) is 0 Å². The van der Waals surface area contributed by atoms with Gasteiger partial charge in [-0.3, -0.25) is 9.59 Å². The standard InChI is InChI=1S/C34H24O2/c35-27-21-26(22-13-5-1-6-14-22)34(25-19-11-4-12-20-25)31(27)30-28(23-15-7-2-8-16-23)29(32(34)33(30)36)24-17-9-3-10-18-24/h1-21,30-32H. The van der Waals surface area contributed by atoms with Crippen molar-refractivity contribution in [2.75, 3.05) is 0 Å². The van der Waals surface area contributed by atoms with Crippen LogP contribution in [0.3, 0.4) is 0 Å². The Morgan fingerprint density at radius 2 is 1.00 bits per heavy atom. The summed E-state index contributed by atoms with van der Waals surface area (Å²) < 4.78 is 0. The summed E-state index contributed by atoms with van der Waals surface area (Å²) in [7, 11) is 0. The van der Waals surface area contributed by atoms with Gasteiger partial charge in [-0.15, -0.1) is 0 Å². The number of carbonyl (C=O) groups is 2. The first kappa shape index (κ1) is 21.0. The van der Waals surface area contributed by atoms with Gasteiger partial charge >= 0.3 is 0 Å². The van der Waals surface area contributed by atoms with Crippen LogP contribution in [0.4, 0.5) is 0 Å². The SMILES string of the molecule is O=C1C2C(c3ccccc3)=C(c3ccccc3)C1C1(c3ccccc3)C(c3ccccc3)=CC(=O)C21. The maximum Gasteiger partial charge on any atom is 0.161 e. The van der Waals surface area contributed by atoms with Gasteiger partial charge in [0.1, 0.15) is 5.78 Å². The molecule has 4 atom stereocenters. The molecule has 1 fully saturated rings. The van der Waals surface area contributed by atoms with Crippen LogP contribution >= 0.6 is 0 Å². The van der Waals surface area contributed by atoms with Crippen LogP contribution in [-0.2, 0) is 15.0 Å². The fraction of sp³-hybridized carbons (Fsp3) is 0.118. The van der Waals surface area contributed by atoms with Gasteiger partial charge in [0, 0.05) is 5.41 Å². The molecule has 0 spiro atoms. The van der Waals surface area contributed by atoms with Crippen LogP contribution < -0.4 is 0 Å². The molecule has 0 aliphatic heterocycles. The van der Waals surface area contributed by atoms with E-state index in [0.29, 0.717) is 0 Å². The Labute approximate surface area is 210 Å². The quantitative estimate of drug-likeness (QED) is 0.339.